The van der Waals surface area contributed by atoms with Crippen LogP contribution in [0, 0.1) is 13.8 Å². The molecule has 0 atom stereocenters. The van der Waals surface area contributed by atoms with Gasteiger partial charge in [-0.15, -0.1) is 0 Å². The molecule has 13 heavy (non-hydrogen) atoms. The van der Waals surface area contributed by atoms with Crippen molar-refractivity contribution in [3.05, 3.63) is 19.6 Å². The summed E-state index contributed by atoms with van der Waals surface area (Å²) in [6, 6.07) is 0. The van der Waals surface area contributed by atoms with Crippen molar-refractivity contribution in [2.45, 2.75) is 19.4 Å². The number of hydrogen-bond donors (Lipinski definition) is 2. The first kappa shape index (κ1) is 10.4. The van der Waals surface area contributed by atoms with E-state index in [1.54, 1.807) is 22.6 Å². The Morgan fingerprint density at radius 3 is 2.46 bits per heavy atom. The zero-order chi connectivity index (χ0) is 10.2. The van der Waals surface area contributed by atoms with Gasteiger partial charge in [-0.1, -0.05) is 0 Å². The molecule has 0 aliphatic rings. The van der Waals surface area contributed by atoms with E-state index in [2.05, 4.69) is 9.97 Å². The minimum atomic E-state index is -1.19. The van der Waals surface area contributed by atoms with Crippen molar-refractivity contribution >= 4 is 28.4 Å². The second-order valence-electron chi connectivity index (χ2n) is 3.04. The van der Waals surface area contributed by atoms with E-state index in [1.807, 2.05) is 0 Å². The first-order valence-electron chi connectivity index (χ1n) is 3.45. The molecule has 6 nitrogen and oxygen atoms in total. The lowest BCUT2D eigenvalue weighted by molar-refractivity contribution is -0.390. The number of rotatable bonds is 2. The molecule has 0 aliphatic carbocycles. The Hall–Kier alpha value is -0.700. The molecular formula is C6H8IN3O3. The van der Waals surface area contributed by atoms with Crippen molar-refractivity contribution in [3.8, 4) is 0 Å². The second kappa shape index (κ2) is 3.22. The summed E-state index contributed by atoms with van der Waals surface area (Å²) in [6.07, 6.45) is 0. The summed E-state index contributed by atoms with van der Waals surface area (Å²) < 4.78 is 0.250. The van der Waals surface area contributed by atoms with Gasteiger partial charge in [0, 0.05) is 0 Å². The fourth-order valence-electron chi connectivity index (χ4n) is 0.754. The van der Waals surface area contributed by atoms with Crippen molar-refractivity contribution in [1.29, 1.82) is 0 Å². The second-order valence-corrected chi connectivity index (χ2v) is 4.06. The number of halogens is 1. The van der Waals surface area contributed by atoms with Gasteiger partial charge in [-0.2, -0.15) is 4.98 Å². The lowest BCUT2D eigenvalue weighted by Crippen LogP contribution is -2.17. The molecule has 1 rings (SSSR count). The van der Waals surface area contributed by atoms with Crippen molar-refractivity contribution in [3.63, 3.8) is 0 Å². The first-order chi connectivity index (χ1) is 5.82. The van der Waals surface area contributed by atoms with Crippen molar-refractivity contribution in [2.24, 2.45) is 0 Å². The van der Waals surface area contributed by atoms with E-state index < -0.39 is 10.5 Å². The molecule has 0 spiro atoms. The number of nitrogens with zero attached hydrogens (tertiary/aromatic N) is 2. The van der Waals surface area contributed by atoms with Crippen LogP contribution in [0.15, 0.2) is 0 Å². The van der Waals surface area contributed by atoms with Crippen LogP contribution in [0.5, 0.6) is 0 Å². The third-order valence-corrected chi connectivity index (χ3v) is 2.16. The van der Waals surface area contributed by atoms with E-state index in [0.717, 1.165) is 0 Å². The van der Waals surface area contributed by atoms with Crippen LogP contribution in [0.2, 0.25) is 0 Å². The molecule has 0 aromatic carbocycles. The highest BCUT2D eigenvalue weighted by Crippen LogP contribution is 2.23. The van der Waals surface area contributed by atoms with Crippen LogP contribution in [0.3, 0.4) is 0 Å². The van der Waals surface area contributed by atoms with Crippen LogP contribution in [0.4, 0.5) is 5.82 Å². The highest BCUT2D eigenvalue weighted by Gasteiger charge is 2.28. The summed E-state index contributed by atoms with van der Waals surface area (Å²) in [5.74, 6) is 0.0151. The van der Waals surface area contributed by atoms with E-state index >= 15 is 0 Å². The van der Waals surface area contributed by atoms with Crippen molar-refractivity contribution in [1.82, 2.24) is 9.97 Å². The van der Waals surface area contributed by atoms with E-state index in [1.165, 1.54) is 13.8 Å². The maximum absolute atomic E-state index is 10.4. The predicted octanol–water partition coefficient (Wildman–Crippen LogP) is 1.15. The van der Waals surface area contributed by atoms with Gasteiger partial charge < -0.3 is 15.2 Å². The molecule has 1 aromatic rings. The molecule has 0 fully saturated rings. The maximum atomic E-state index is 10.4. The smallest absolute Gasteiger partial charge is 0.354 e. The van der Waals surface area contributed by atoms with Crippen LogP contribution < -0.4 is 0 Å². The van der Waals surface area contributed by atoms with Crippen LogP contribution in [-0.2, 0) is 5.60 Å². The number of hydrogen-bond acceptors (Lipinski definition) is 4. The van der Waals surface area contributed by atoms with Gasteiger partial charge in [-0.3, -0.25) is 0 Å². The Morgan fingerprint density at radius 2 is 2.23 bits per heavy atom. The number of nitrogens with one attached hydrogen (secondary N) is 1. The van der Waals surface area contributed by atoms with Crippen molar-refractivity contribution in [2.75, 3.05) is 0 Å². The average molecular weight is 297 g/mol. The van der Waals surface area contributed by atoms with E-state index in [4.69, 9.17) is 0 Å². The first-order valence-corrected chi connectivity index (χ1v) is 4.53. The third-order valence-electron chi connectivity index (χ3n) is 1.40. The number of aromatic amines is 1. The Balaban J connectivity index is 3.17. The normalized spacial score (nSPS) is 11.7. The molecule has 0 aliphatic heterocycles. The Morgan fingerprint density at radius 1 is 1.69 bits per heavy atom. The molecule has 0 bridgehead atoms. The van der Waals surface area contributed by atoms with Gasteiger partial charge in [-0.25, -0.2) is 4.98 Å². The van der Waals surface area contributed by atoms with Gasteiger partial charge in [0.05, 0.1) is 0 Å². The van der Waals surface area contributed by atoms with Gasteiger partial charge in [0.1, 0.15) is 5.60 Å². The minimum absolute atomic E-state index is 0.183. The molecule has 0 unspecified atom stereocenters. The molecule has 72 valence electrons. The molecule has 0 saturated carbocycles. The summed E-state index contributed by atoms with van der Waals surface area (Å²) in [6.45, 7) is 3.01. The van der Waals surface area contributed by atoms with Crippen LogP contribution in [0.1, 0.15) is 19.7 Å². The highest BCUT2D eigenvalue weighted by molar-refractivity contribution is 14.1. The monoisotopic (exact) mass is 297 g/mol. The number of H-pyrrole nitrogens is 1. The van der Waals surface area contributed by atoms with Crippen molar-refractivity contribution < 1.29 is 10.0 Å². The molecule has 0 radical (unpaired) electrons. The molecule has 1 heterocycles. The molecular weight excluding hydrogens is 289 g/mol. The zero-order valence-electron chi connectivity index (χ0n) is 7.04. The average Bonchev–Trinajstić information content (AvgIpc) is 2.29. The fraction of sp³-hybridized carbons (Fsp3) is 0.500. The molecule has 1 aromatic heterocycles. The fourth-order valence-corrected chi connectivity index (χ4v) is 1.33. The summed E-state index contributed by atoms with van der Waals surface area (Å²) in [7, 11) is 0. The van der Waals surface area contributed by atoms with Crippen LogP contribution >= 0.6 is 22.6 Å². The van der Waals surface area contributed by atoms with Gasteiger partial charge >= 0.3 is 5.82 Å². The Labute approximate surface area is 87.7 Å². The van der Waals surface area contributed by atoms with Gasteiger partial charge in [-0.05, 0) is 41.4 Å². The van der Waals surface area contributed by atoms with Gasteiger partial charge in [0.2, 0.25) is 5.82 Å². The van der Waals surface area contributed by atoms with E-state index in [0.29, 0.717) is 0 Å². The topological polar surface area (TPSA) is 92.1 Å². The van der Waals surface area contributed by atoms with Gasteiger partial charge in [0.25, 0.3) is 0 Å². The lowest BCUT2D eigenvalue weighted by Gasteiger charge is -2.09. The SMILES string of the molecule is CC(C)(O)c1nc(I)c([N+](=O)[O-])[nH]1. The number of nitro groups is 1. The quantitative estimate of drug-likeness (QED) is 0.486. The highest BCUT2D eigenvalue weighted by atomic mass is 127. The van der Waals surface area contributed by atoms with E-state index in [9.17, 15) is 15.2 Å². The number of imidazole rings is 1. The minimum Gasteiger partial charge on any atom is -0.380 e. The van der Waals surface area contributed by atoms with Gasteiger partial charge in [0.15, 0.2) is 3.70 Å². The van der Waals surface area contributed by atoms with Crippen LogP contribution in [-0.4, -0.2) is 20.0 Å². The van der Waals surface area contributed by atoms with E-state index in [-0.39, 0.29) is 15.3 Å². The zero-order valence-corrected chi connectivity index (χ0v) is 9.19. The van der Waals surface area contributed by atoms with Crippen LogP contribution in [0.25, 0.3) is 0 Å². The largest absolute Gasteiger partial charge is 0.380 e. The number of aliphatic hydroxyl groups is 1. The summed E-state index contributed by atoms with van der Waals surface area (Å²) in [5.41, 5.74) is -1.19. The molecule has 0 amide bonds. The Bertz CT molecular complexity index is 341. The maximum Gasteiger partial charge on any atom is 0.354 e. The summed E-state index contributed by atoms with van der Waals surface area (Å²) >= 11 is 1.74. The third kappa shape index (κ3) is 2.15. The molecule has 0 saturated heterocycles. The Kier molecular flexibility index (Phi) is 2.57. The standard InChI is InChI=1S/C6H8IN3O3/c1-6(2,11)5-8-3(7)4(9-5)10(12)13/h11H,1-2H3,(H,8,9). The summed E-state index contributed by atoms with van der Waals surface area (Å²) in [4.78, 5) is 16.1. The molecule has 2 N–H and O–H groups in total. The summed E-state index contributed by atoms with van der Waals surface area (Å²) in [5, 5.41) is 19.9. The molecule has 7 heteroatoms. The number of aromatic nitrogens is 2. The lowest BCUT2D eigenvalue weighted by atomic mass is 10.1. The predicted molar refractivity (Wildman–Crippen MR) is 53.2 cm³/mol.